The number of hydrogen-bond donors (Lipinski definition) is 1. The van der Waals surface area contributed by atoms with Crippen molar-refractivity contribution in [2.45, 2.75) is 23.4 Å². The van der Waals surface area contributed by atoms with Crippen molar-refractivity contribution in [3.63, 3.8) is 0 Å². The number of anilines is 1. The van der Waals surface area contributed by atoms with E-state index in [1.807, 2.05) is 11.4 Å². The van der Waals surface area contributed by atoms with Gasteiger partial charge in [0.05, 0.1) is 12.1 Å². The van der Waals surface area contributed by atoms with E-state index >= 15 is 0 Å². The number of rotatable bonds is 6. The standard InChI is InChI=1S/C19H15Cl2FN2OS2/c1-11-2-5-14(7-17(11)22)23-18(25)8-15-10-27-19(24-15)26-9-12-3-4-13(20)6-16(12)21/h2-7,10H,8-9H2,1H3,(H,23,25). The summed E-state index contributed by atoms with van der Waals surface area (Å²) in [7, 11) is 0. The lowest BCUT2D eigenvalue weighted by atomic mass is 10.2. The van der Waals surface area contributed by atoms with Gasteiger partial charge in [-0.2, -0.15) is 0 Å². The van der Waals surface area contributed by atoms with Crippen LogP contribution in [0.5, 0.6) is 0 Å². The highest BCUT2D eigenvalue weighted by Gasteiger charge is 2.10. The second-order valence-electron chi connectivity index (χ2n) is 5.82. The summed E-state index contributed by atoms with van der Waals surface area (Å²) in [5.74, 6) is 0.0829. The van der Waals surface area contributed by atoms with E-state index in [0.717, 1.165) is 9.90 Å². The molecule has 0 aliphatic rings. The lowest BCUT2D eigenvalue weighted by Gasteiger charge is -2.05. The minimum Gasteiger partial charge on any atom is -0.326 e. The van der Waals surface area contributed by atoms with Crippen molar-refractivity contribution in [3.05, 3.63) is 74.5 Å². The number of carbonyl (C=O) groups excluding carboxylic acids is 1. The van der Waals surface area contributed by atoms with Gasteiger partial charge in [0.25, 0.3) is 0 Å². The van der Waals surface area contributed by atoms with Gasteiger partial charge in [-0.1, -0.05) is 47.1 Å². The van der Waals surface area contributed by atoms with Crippen LogP contribution in [0.3, 0.4) is 0 Å². The lowest BCUT2D eigenvalue weighted by molar-refractivity contribution is -0.115. The Balaban J connectivity index is 1.55. The van der Waals surface area contributed by atoms with Crippen molar-refractivity contribution >= 4 is 57.9 Å². The molecule has 0 spiro atoms. The van der Waals surface area contributed by atoms with E-state index in [1.54, 1.807) is 43.0 Å². The zero-order valence-corrected chi connectivity index (χ0v) is 17.4. The third kappa shape index (κ3) is 5.69. The number of aromatic nitrogens is 1. The average Bonchev–Trinajstić information content (AvgIpc) is 3.04. The topological polar surface area (TPSA) is 42.0 Å². The Morgan fingerprint density at radius 1 is 1.26 bits per heavy atom. The molecular weight excluding hydrogens is 426 g/mol. The number of nitrogens with one attached hydrogen (secondary N) is 1. The molecule has 0 fully saturated rings. The van der Waals surface area contributed by atoms with Crippen LogP contribution in [0.1, 0.15) is 16.8 Å². The molecule has 0 bridgehead atoms. The molecule has 8 heteroatoms. The van der Waals surface area contributed by atoms with Crippen LogP contribution >= 0.6 is 46.3 Å². The van der Waals surface area contributed by atoms with Gasteiger partial charge in [-0.05, 0) is 42.3 Å². The third-order valence-corrected chi connectivity index (χ3v) is 6.40. The van der Waals surface area contributed by atoms with E-state index in [9.17, 15) is 9.18 Å². The van der Waals surface area contributed by atoms with Crippen LogP contribution in [0.2, 0.25) is 10.0 Å². The Kier molecular flexibility index (Phi) is 6.76. The summed E-state index contributed by atoms with van der Waals surface area (Å²) in [6.45, 7) is 1.67. The van der Waals surface area contributed by atoms with Gasteiger partial charge in [0, 0.05) is 26.9 Å². The predicted molar refractivity (Wildman–Crippen MR) is 112 cm³/mol. The summed E-state index contributed by atoms with van der Waals surface area (Å²) in [6.07, 6.45) is 0.133. The molecule has 2 aromatic carbocycles. The molecule has 0 aliphatic heterocycles. The van der Waals surface area contributed by atoms with Gasteiger partial charge in [0.1, 0.15) is 10.2 Å². The maximum atomic E-state index is 13.6. The van der Waals surface area contributed by atoms with Crippen LogP contribution in [-0.4, -0.2) is 10.9 Å². The first-order valence-electron chi connectivity index (χ1n) is 7.98. The minimum atomic E-state index is -0.346. The fraction of sp³-hybridized carbons (Fsp3) is 0.158. The number of amides is 1. The van der Waals surface area contributed by atoms with Gasteiger partial charge in [-0.25, -0.2) is 9.37 Å². The van der Waals surface area contributed by atoms with E-state index in [1.165, 1.54) is 17.4 Å². The first-order chi connectivity index (χ1) is 12.9. The Morgan fingerprint density at radius 3 is 2.81 bits per heavy atom. The number of hydrogen-bond acceptors (Lipinski definition) is 4. The Morgan fingerprint density at radius 2 is 2.07 bits per heavy atom. The van der Waals surface area contributed by atoms with Gasteiger partial charge in [0.2, 0.25) is 5.91 Å². The van der Waals surface area contributed by atoms with Crippen molar-refractivity contribution in [2.75, 3.05) is 5.32 Å². The van der Waals surface area contributed by atoms with E-state index in [-0.39, 0.29) is 18.1 Å². The second-order valence-corrected chi connectivity index (χ2v) is 8.74. The normalized spacial score (nSPS) is 10.8. The Bertz CT molecular complexity index is 978. The number of carbonyl (C=O) groups is 1. The molecule has 0 saturated heterocycles. The summed E-state index contributed by atoms with van der Waals surface area (Å²) in [5.41, 5.74) is 2.62. The molecule has 0 aliphatic carbocycles. The largest absolute Gasteiger partial charge is 0.326 e. The second kappa shape index (κ2) is 9.06. The van der Waals surface area contributed by atoms with Gasteiger partial charge < -0.3 is 5.32 Å². The minimum absolute atomic E-state index is 0.133. The van der Waals surface area contributed by atoms with Crippen LogP contribution in [-0.2, 0) is 17.0 Å². The van der Waals surface area contributed by atoms with Crippen LogP contribution < -0.4 is 5.32 Å². The highest BCUT2D eigenvalue weighted by molar-refractivity contribution is 8.00. The van der Waals surface area contributed by atoms with Gasteiger partial charge in [0.15, 0.2) is 0 Å². The number of halogens is 3. The Labute approximate surface area is 174 Å². The maximum Gasteiger partial charge on any atom is 0.230 e. The number of thiazole rings is 1. The van der Waals surface area contributed by atoms with E-state index < -0.39 is 0 Å². The molecule has 3 rings (SSSR count). The van der Waals surface area contributed by atoms with E-state index in [2.05, 4.69) is 10.3 Å². The quantitative estimate of drug-likeness (QED) is 0.452. The van der Waals surface area contributed by atoms with Crippen molar-refractivity contribution < 1.29 is 9.18 Å². The monoisotopic (exact) mass is 440 g/mol. The van der Waals surface area contributed by atoms with Gasteiger partial charge in [-0.3, -0.25) is 4.79 Å². The molecule has 27 heavy (non-hydrogen) atoms. The number of benzene rings is 2. The molecule has 3 nitrogen and oxygen atoms in total. The van der Waals surface area contributed by atoms with Gasteiger partial charge >= 0.3 is 0 Å². The smallest absolute Gasteiger partial charge is 0.230 e. The first-order valence-corrected chi connectivity index (χ1v) is 10.6. The first kappa shape index (κ1) is 20.1. The zero-order chi connectivity index (χ0) is 19.4. The summed E-state index contributed by atoms with van der Waals surface area (Å²) in [4.78, 5) is 16.6. The van der Waals surface area contributed by atoms with Crippen LogP contribution in [0.25, 0.3) is 0 Å². The van der Waals surface area contributed by atoms with Crippen molar-refractivity contribution in [3.8, 4) is 0 Å². The molecule has 0 saturated carbocycles. The summed E-state index contributed by atoms with van der Waals surface area (Å²) < 4.78 is 14.4. The molecule has 3 aromatic rings. The molecule has 1 aromatic heterocycles. The SMILES string of the molecule is Cc1ccc(NC(=O)Cc2csc(SCc3ccc(Cl)cc3Cl)n2)cc1F. The summed E-state index contributed by atoms with van der Waals surface area (Å²) >= 11 is 15.1. The van der Waals surface area contributed by atoms with Crippen molar-refractivity contribution in [1.82, 2.24) is 4.98 Å². The molecule has 0 radical (unpaired) electrons. The fourth-order valence-electron chi connectivity index (χ4n) is 2.25. The van der Waals surface area contributed by atoms with Crippen LogP contribution in [0, 0.1) is 12.7 Å². The highest BCUT2D eigenvalue weighted by atomic mass is 35.5. The zero-order valence-electron chi connectivity index (χ0n) is 14.3. The molecule has 0 unspecified atom stereocenters. The van der Waals surface area contributed by atoms with Crippen LogP contribution in [0.15, 0.2) is 46.1 Å². The number of aryl methyl sites for hydroxylation is 1. The highest BCUT2D eigenvalue weighted by Crippen LogP contribution is 2.30. The third-order valence-electron chi connectivity index (χ3n) is 3.69. The molecule has 140 valence electrons. The molecular formula is C19H15Cl2FN2OS2. The van der Waals surface area contributed by atoms with Crippen molar-refractivity contribution in [2.24, 2.45) is 0 Å². The van der Waals surface area contributed by atoms with Gasteiger partial charge in [-0.15, -0.1) is 11.3 Å². The predicted octanol–water partition coefficient (Wildman–Crippen LogP) is 6.37. The van der Waals surface area contributed by atoms with E-state index in [0.29, 0.717) is 32.7 Å². The molecule has 1 heterocycles. The summed E-state index contributed by atoms with van der Waals surface area (Å²) in [6, 6.07) is 10.0. The Hall–Kier alpha value is -1.60. The van der Waals surface area contributed by atoms with Crippen molar-refractivity contribution in [1.29, 1.82) is 0 Å². The molecule has 0 atom stereocenters. The molecule has 1 N–H and O–H groups in total. The fourth-order valence-corrected chi connectivity index (χ4v) is 4.66. The van der Waals surface area contributed by atoms with E-state index in [4.69, 9.17) is 23.2 Å². The number of thioether (sulfide) groups is 1. The molecule has 1 amide bonds. The van der Waals surface area contributed by atoms with Crippen LogP contribution in [0.4, 0.5) is 10.1 Å². The summed E-state index contributed by atoms with van der Waals surface area (Å²) in [5, 5.41) is 5.76. The maximum absolute atomic E-state index is 13.6. The average molecular weight is 441 g/mol. The lowest BCUT2D eigenvalue weighted by Crippen LogP contribution is -2.14. The number of nitrogens with zero attached hydrogens (tertiary/aromatic N) is 1.